The standard InChI is InChI=1S/C5H9ClO.C5H5N/c1-2-3-4-5(6)7;1-2-4-6-5-3-1/h2-4H2,1H3;1-5H. The van der Waals surface area contributed by atoms with Gasteiger partial charge in [0, 0.05) is 18.8 Å². The van der Waals surface area contributed by atoms with E-state index in [-0.39, 0.29) is 5.24 Å². The summed E-state index contributed by atoms with van der Waals surface area (Å²) >= 11 is 5.02. The molecule has 0 atom stereocenters. The first-order chi connectivity index (χ1) is 6.27. The maximum absolute atomic E-state index is 9.97. The predicted molar refractivity (Wildman–Crippen MR) is 54.6 cm³/mol. The van der Waals surface area contributed by atoms with E-state index in [1.165, 1.54) is 0 Å². The molecule has 1 aromatic heterocycles. The fourth-order valence-corrected chi connectivity index (χ4v) is 0.762. The molecule has 1 heterocycles. The summed E-state index contributed by atoms with van der Waals surface area (Å²) in [4.78, 5) is 13.8. The van der Waals surface area contributed by atoms with Crippen molar-refractivity contribution in [3.8, 4) is 0 Å². The first kappa shape index (κ1) is 12.1. The van der Waals surface area contributed by atoms with Crippen LogP contribution in [0.5, 0.6) is 0 Å². The van der Waals surface area contributed by atoms with Crippen LogP contribution in [0.15, 0.2) is 30.6 Å². The number of nitrogens with zero attached hydrogens (tertiary/aromatic N) is 1. The van der Waals surface area contributed by atoms with E-state index in [0.29, 0.717) is 6.42 Å². The summed E-state index contributed by atoms with van der Waals surface area (Å²) in [6.45, 7) is 2.03. The zero-order chi connectivity index (χ0) is 9.94. The first-order valence-corrected chi connectivity index (χ1v) is 4.68. The van der Waals surface area contributed by atoms with Crippen molar-refractivity contribution in [2.75, 3.05) is 0 Å². The molecule has 0 unspecified atom stereocenters. The Kier molecular flexibility index (Phi) is 8.57. The molecule has 0 aliphatic carbocycles. The number of aromatic nitrogens is 1. The summed E-state index contributed by atoms with van der Waals surface area (Å²) in [5.41, 5.74) is 0. The van der Waals surface area contributed by atoms with Crippen LogP contribution in [0.25, 0.3) is 0 Å². The second kappa shape index (κ2) is 9.20. The average Bonchev–Trinajstić information content (AvgIpc) is 2.18. The van der Waals surface area contributed by atoms with Crippen LogP contribution >= 0.6 is 11.6 Å². The number of halogens is 1. The third kappa shape index (κ3) is 11.1. The zero-order valence-electron chi connectivity index (χ0n) is 7.74. The number of carbonyl (C=O) groups excluding carboxylic acids is 1. The van der Waals surface area contributed by atoms with Crippen LogP contribution in [0.1, 0.15) is 26.2 Å². The molecule has 0 bridgehead atoms. The highest BCUT2D eigenvalue weighted by atomic mass is 35.5. The largest absolute Gasteiger partial charge is 0.281 e. The fraction of sp³-hybridized carbons (Fsp3) is 0.400. The molecule has 0 radical (unpaired) electrons. The van der Waals surface area contributed by atoms with Crippen LogP contribution in [-0.4, -0.2) is 10.2 Å². The monoisotopic (exact) mass is 199 g/mol. The number of pyridine rings is 1. The maximum atomic E-state index is 9.97. The van der Waals surface area contributed by atoms with Crippen molar-refractivity contribution in [1.29, 1.82) is 0 Å². The lowest BCUT2D eigenvalue weighted by Crippen LogP contribution is -1.82. The van der Waals surface area contributed by atoms with Gasteiger partial charge in [0.1, 0.15) is 0 Å². The van der Waals surface area contributed by atoms with Crippen molar-refractivity contribution in [1.82, 2.24) is 4.98 Å². The van der Waals surface area contributed by atoms with Crippen LogP contribution in [0, 0.1) is 0 Å². The Hall–Kier alpha value is -0.890. The van der Waals surface area contributed by atoms with Gasteiger partial charge in [-0.05, 0) is 30.2 Å². The molecule has 0 spiro atoms. The van der Waals surface area contributed by atoms with Gasteiger partial charge in [0.25, 0.3) is 0 Å². The van der Waals surface area contributed by atoms with Crippen LogP contribution < -0.4 is 0 Å². The van der Waals surface area contributed by atoms with E-state index >= 15 is 0 Å². The minimum Gasteiger partial charge on any atom is -0.281 e. The lowest BCUT2D eigenvalue weighted by Gasteiger charge is -1.84. The highest BCUT2D eigenvalue weighted by Gasteiger charge is 1.90. The first-order valence-electron chi connectivity index (χ1n) is 4.30. The van der Waals surface area contributed by atoms with E-state index in [1.54, 1.807) is 12.4 Å². The summed E-state index contributed by atoms with van der Waals surface area (Å²) in [6.07, 6.45) is 5.98. The third-order valence-electron chi connectivity index (χ3n) is 1.29. The summed E-state index contributed by atoms with van der Waals surface area (Å²) in [5.74, 6) is 0. The number of hydrogen-bond donors (Lipinski definition) is 0. The maximum Gasteiger partial charge on any atom is 0.221 e. The number of carbonyl (C=O) groups is 1. The second-order valence-electron chi connectivity index (χ2n) is 2.48. The summed E-state index contributed by atoms with van der Waals surface area (Å²) in [5, 5.41) is -0.221. The van der Waals surface area contributed by atoms with Crippen molar-refractivity contribution in [3.63, 3.8) is 0 Å². The Balaban J connectivity index is 0.000000223. The van der Waals surface area contributed by atoms with Crippen LogP contribution in [-0.2, 0) is 4.79 Å². The molecule has 72 valence electrons. The highest BCUT2D eigenvalue weighted by molar-refractivity contribution is 6.63. The van der Waals surface area contributed by atoms with Crippen molar-refractivity contribution in [2.45, 2.75) is 26.2 Å². The zero-order valence-corrected chi connectivity index (χ0v) is 8.50. The molecule has 1 aromatic rings. The molecule has 0 aromatic carbocycles. The molecule has 3 heteroatoms. The van der Waals surface area contributed by atoms with Gasteiger partial charge < -0.3 is 0 Å². The van der Waals surface area contributed by atoms with Crippen molar-refractivity contribution in [2.24, 2.45) is 0 Å². The highest BCUT2D eigenvalue weighted by Crippen LogP contribution is 1.96. The number of hydrogen-bond acceptors (Lipinski definition) is 2. The Morgan fingerprint density at radius 3 is 2.08 bits per heavy atom. The van der Waals surface area contributed by atoms with Gasteiger partial charge in [-0.25, -0.2) is 0 Å². The third-order valence-corrected chi connectivity index (χ3v) is 1.48. The second-order valence-corrected chi connectivity index (χ2v) is 2.90. The van der Waals surface area contributed by atoms with Crippen LogP contribution in [0.4, 0.5) is 0 Å². The van der Waals surface area contributed by atoms with Gasteiger partial charge in [-0.3, -0.25) is 9.78 Å². The van der Waals surface area contributed by atoms with E-state index in [0.717, 1.165) is 12.8 Å². The van der Waals surface area contributed by atoms with Crippen LogP contribution in [0.2, 0.25) is 0 Å². The molecule has 0 aliphatic rings. The minimum atomic E-state index is -0.221. The number of unbranched alkanes of at least 4 members (excludes halogenated alkanes) is 1. The normalized spacial score (nSPS) is 8.46. The van der Waals surface area contributed by atoms with Gasteiger partial charge in [0.05, 0.1) is 0 Å². The molecule has 0 N–H and O–H groups in total. The molecule has 1 rings (SSSR count). The lowest BCUT2D eigenvalue weighted by atomic mass is 10.3. The SMILES string of the molecule is CCCCC(=O)Cl.c1ccncc1. The molecule has 13 heavy (non-hydrogen) atoms. The van der Waals surface area contributed by atoms with Crippen LogP contribution in [0.3, 0.4) is 0 Å². The number of rotatable bonds is 3. The lowest BCUT2D eigenvalue weighted by molar-refractivity contribution is -0.111. The van der Waals surface area contributed by atoms with Gasteiger partial charge in [0.2, 0.25) is 5.24 Å². The topological polar surface area (TPSA) is 30.0 Å². The Morgan fingerprint density at radius 1 is 1.31 bits per heavy atom. The summed E-state index contributed by atoms with van der Waals surface area (Å²) in [6, 6.07) is 5.72. The van der Waals surface area contributed by atoms with E-state index in [2.05, 4.69) is 4.98 Å². The van der Waals surface area contributed by atoms with Crippen molar-refractivity contribution < 1.29 is 4.79 Å². The molecule has 0 saturated heterocycles. The molecule has 0 amide bonds. The smallest absolute Gasteiger partial charge is 0.221 e. The van der Waals surface area contributed by atoms with Gasteiger partial charge >= 0.3 is 0 Å². The molecular weight excluding hydrogens is 186 g/mol. The van der Waals surface area contributed by atoms with Crippen molar-refractivity contribution in [3.05, 3.63) is 30.6 Å². The Bertz CT molecular complexity index is 187. The molecule has 2 nitrogen and oxygen atoms in total. The predicted octanol–water partition coefficient (Wildman–Crippen LogP) is 3.02. The summed E-state index contributed by atoms with van der Waals surface area (Å²) < 4.78 is 0. The molecule has 0 fully saturated rings. The summed E-state index contributed by atoms with van der Waals surface area (Å²) in [7, 11) is 0. The Labute approximate surface area is 83.9 Å². The minimum absolute atomic E-state index is 0.221. The van der Waals surface area contributed by atoms with Gasteiger partial charge in [-0.2, -0.15) is 0 Å². The van der Waals surface area contributed by atoms with Gasteiger partial charge in [-0.15, -0.1) is 0 Å². The molecule has 0 aliphatic heterocycles. The quantitative estimate of drug-likeness (QED) is 0.701. The Morgan fingerprint density at radius 2 is 1.92 bits per heavy atom. The van der Waals surface area contributed by atoms with Gasteiger partial charge in [-0.1, -0.05) is 19.4 Å². The average molecular weight is 200 g/mol. The van der Waals surface area contributed by atoms with Crippen molar-refractivity contribution >= 4 is 16.8 Å². The van der Waals surface area contributed by atoms with E-state index in [9.17, 15) is 4.79 Å². The van der Waals surface area contributed by atoms with E-state index in [4.69, 9.17) is 11.6 Å². The molecule has 0 saturated carbocycles. The van der Waals surface area contributed by atoms with E-state index < -0.39 is 0 Å². The fourth-order valence-electron chi connectivity index (χ4n) is 0.628. The van der Waals surface area contributed by atoms with Gasteiger partial charge in [0.15, 0.2) is 0 Å². The van der Waals surface area contributed by atoms with E-state index in [1.807, 2.05) is 25.1 Å². The molecular formula is C10H14ClNO.